The van der Waals surface area contributed by atoms with E-state index in [0.29, 0.717) is 30.8 Å². The number of hydrogen-bond acceptors (Lipinski definition) is 6. The van der Waals surface area contributed by atoms with Crippen LogP contribution >= 0.6 is 0 Å². The quantitative estimate of drug-likeness (QED) is 0.816. The van der Waals surface area contributed by atoms with Crippen LogP contribution in [0, 0.1) is 6.92 Å². The molecule has 0 bridgehead atoms. The van der Waals surface area contributed by atoms with Gasteiger partial charge in [0.15, 0.2) is 5.82 Å². The van der Waals surface area contributed by atoms with Gasteiger partial charge < -0.3 is 19.5 Å². The van der Waals surface area contributed by atoms with Crippen molar-refractivity contribution in [3.8, 4) is 0 Å². The average Bonchev–Trinajstić information content (AvgIpc) is 3.07. The molecule has 1 aromatic heterocycles. The van der Waals surface area contributed by atoms with Gasteiger partial charge in [-0.2, -0.15) is 4.98 Å². The summed E-state index contributed by atoms with van der Waals surface area (Å²) in [6.45, 7) is 2.52. The number of rotatable bonds is 5. The summed E-state index contributed by atoms with van der Waals surface area (Å²) in [5.41, 5.74) is 0. The van der Waals surface area contributed by atoms with Crippen molar-refractivity contribution in [2.75, 3.05) is 13.1 Å². The van der Waals surface area contributed by atoms with Gasteiger partial charge in [-0.3, -0.25) is 4.79 Å². The minimum Gasteiger partial charge on any atom is -0.442 e. The first-order valence-electron chi connectivity index (χ1n) is 6.65. The molecule has 8 heteroatoms. The van der Waals surface area contributed by atoms with Crippen LogP contribution in [0.1, 0.15) is 24.6 Å². The zero-order valence-corrected chi connectivity index (χ0v) is 11.2. The van der Waals surface area contributed by atoms with Gasteiger partial charge in [-0.15, -0.1) is 0 Å². The highest BCUT2D eigenvalue weighted by atomic mass is 16.6. The van der Waals surface area contributed by atoms with Gasteiger partial charge in [0.05, 0.1) is 19.5 Å². The maximum absolute atomic E-state index is 11.7. The zero-order chi connectivity index (χ0) is 14.1. The van der Waals surface area contributed by atoms with Crippen molar-refractivity contribution >= 4 is 12.0 Å². The van der Waals surface area contributed by atoms with Gasteiger partial charge in [0, 0.05) is 13.0 Å². The molecule has 2 amide bonds. The molecule has 2 fully saturated rings. The summed E-state index contributed by atoms with van der Waals surface area (Å²) < 4.78 is 9.99. The molecular formula is C12H16N4O4. The van der Waals surface area contributed by atoms with Gasteiger partial charge in [-0.05, 0) is 12.8 Å². The molecule has 2 heterocycles. The van der Waals surface area contributed by atoms with Crippen molar-refractivity contribution < 1.29 is 18.8 Å². The minimum absolute atomic E-state index is 0.0599. The molecule has 8 nitrogen and oxygen atoms in total. The monoisotopic (exact) mass is 280 g/mol. The number of nitrogens with one attached hydrogen (secondary N) is 1. The Balaban J connectivity index is 1.43. The van der Waals surface area contributed by atoms with E-state index in [2.05, 4.69) is 15.5 Å². The SMILES string of the molecule is Cc1nc(CC(=O)NCC2CN(C3CC3)C(=O)O2)no1. The Hall–Kier alpha value is -2.12. The third-order valence-corrected chi connectivity index (χ3v) is 3.31. The second-order valence-electron chi connectivity index (χ2n) is 5.10. The number of hydrogen-bond donors (Lipinski definition) is 1. The van der Waals surface area contributed by atoms with Crippen LogP contribution in [0.15, 0.2) is 4.52 Å². The summed E-state index contributed by atoms with van der Waals surface area (Å²) in [6.07, 6.45) is 1.60. The number of cyclic esters (lactones) is 1. The molecule has 1 saturated carbocycles. The predicted molar refractivity (Wildman–Crippen MR) is 65.7 cm³/mol. The average molecular weight is 280 g/mol. The largest absolute Gasteiger partial charge is 0.442 e. The lowest BCUT2D eigenvalue weighted by Gasteiger charge is -2.11. The number of nitrogens with zero attached hydrogens (tertiary/aromatic N) is 3. The molecule has 0 spiro atoms. The lowest BCUT2D eigenvalue weighted by molar-refractivity contribution is -0.120. The van der Waals surface area contributed by atoms with Gasteiger partial charge in [0.25, 0.3) is 0 Å². The number of carbonyl (C=O) groups is 2. The highest BCUT2D eigenvalue weighted by Gasteiger charge is 2.40. The fourth-order valence-electron chi connectivity index (χ4n) is 2.18. The predicted octanol–water partition coefficient (Wildman–Crippen LogP) is 0.0199. The lowest BCUT2D eigenvalue weighted by atomic mass is 10.3. The van der Waals surface area contributed by atoms with Crippen molar-refractivity contribution in [1.82, 2.24) is 20.4 Å². The zero-order valence-electron chi connectivity index (χ0n) is 11.2. The summed E-state index contributed by atoms with van der Waals surface area (Å²) >= 11 is 0. The van der Waals surface area contributed by atoms with Gasteiger partial charge in [0.1, 0.15) is 6.10 Å². The van der Waals surface area contributed by atoms with E-state index in [1.165, 1.54) is 0 Å². The molecule has 1 unspecified atom stereocenters. The van der Waals surface area contributed by atoms with Gasteiger partial charge in [-0.25, -0.2) is 4.79 Å². The number of aryl methyl sites for hydroxylation is 1. The summed E-state index contributed by atoms with van der Waals surface area (Å²) in [5.74, 6) is 0.562. The number of carbonyl (C=O) groups excluding carboxylic acids is 2. The number of ether oxygens (including phenoxy) is 1. The Labute approximate surface area is 115 Å². The van der Waals surface area contributed by atoms with Crippen LogP contribution in [0.25, 0.3) is 0 Å². The van der Waals surface area contributed by atoms with Gasteiger partial charge >= 0.3 is 6.09 Å². The van der Waals surface area contributed by atoms with E-state index in [0.717, 1.165) is 12.8 Å². The van der Waals surface area contributed by atoms with Crippen molar-refractivity contribution in [1.29, 1.82) is 0 Å². The fraction of sp³-hybridized carbons (Fsp3) is 0.667. The smallest absolute Gasteiger partial charge is 0.410 e. The normalized spacial score (nSPS) is 21.9. The molecule has 1 aliphatic heterocycles. The second-order valence-corrected chi connectivity index (χ2v) is 5.10. The van der Waals surface area contributed by atoms with Gasteiger partial charge in [-0.1, -0.05) is 5.16 Å². The molecule has 2 aliphatic rings. The summed E-state index contributed by atoms with van der Waals surface area (Å²) in [5, 5.41) is 6.37. The maximum atomic E-state index is 11.7. The first-order chi connectivity index (χ1) is 9.61. The Morgan fingerprint density at radius 1 is 1.50 bits per heavy atom. The van der Waals surface area contributed by atoms with E-state index < -0.39 is 0 Å². The molecule has 1 aliphatic carbocycles. The molecule has 3 rings (SSSR count). The van der Waals surface area contributed by atoms with E-state index in [1.807, 2.05) is 0 Å². The van der Waals surface area contributed by atoms with Crippen molar-refractivity contribution in [2.45, 2.75) is 38.3 Å². The Morgan fingerprint density at radius 3 is 2.95 bits per heavy atom. The third kappa shape index (κ3) is 2.89. The van der Waals surface area contributed by atoms with Crippen molar-refractivity contribution in [3.63, 3.8) is 0 Å². The van der Waals surface area contributed by atoms with Crippen LogP contribution in [0.3, 0.4) is 0 Å². The Kier molecular flexibility index (Phi) is 3.29. The molecule has 108 valence electrons. The Bertz CT molecular complexity index is 525. The standard InChI is InChI=1S/C12H16N4O4/c1-7-14-10(15-20-7)4-11(17)13-5-9-6-16(8-2-3-8)12(18)19-9/h8-9H,2-6H2,1H3,(H,13,17). The van der Waals surface area contributed by atoms with Crippen molar-refractivity contribution in [2.24, 2.45) is 0 Å². The molecule has 0 radical (unpaired) electrons. The number of amides is 2. The molecule has 1 N–H and O–H groups in total. The highest BCUT2D eigenvalue weighted by Crippen LogP contribution is 2.30. The summed E-state index contributed by atoms with van der Waals surface area (Å²) in [7, 11) is 0. The molecule has 20 heavy (non-hydrogen) atoms. The second kappa shape index (κ2) is 5.10. The van der Waals surface area contributed by atoms with E-state index in [4.69, 9.17) is 9.26 Å². The van der Waals surface area contributed by atoms with Crippen LogP contribution in [0.4, 0.5) is 4.79 Å². The van der Waals surface area contributed by atoms with Crippen LogP contribution in [0.5, 0.6) is 0 Å². The Morgan fingerprint density at radius 2 is 2.30 bits per heavy atom. The number of aromatic nitrogens is 2. The molecular weight excluding hydrogens is 264 g/mol. The fourth-order valence-corrected chi connectivity index (χ4v) is 2.18. The summed E-state index contributed by atoms with van der Waals surface area (Å²) in [6, 6.07) is 0.338. The molecule has 0 aromatic carbocycles. The minimum atomic E-state index is -0.279. The third-order valence-electron chi connectivity index (χ3n) is 3.31. The molecule has 1 aromatic rings. The van der Waals surface area contributed by atoms with E-state index in [9.17, 15) is 9.59 Å². The van der Waals surface area contributed by atoms with Crippen molar-refractivity contribution in [3.05, 3.63) is 11.7 Å². The highest BCUT2D eigenvalue weighted by molar-refractivity contribution is 5.78. The summed E-state index contributed by atoms with van der Waals surface area (Å²) in [4.78, 5) is 29.0. The van der Waals surface area contributed by atoms with Crippen LogP contribution in [-0.2, 0) is 16.0 Å². The van der Waals surface area contributed by atoms with E-state index >= 15 is 0 Å². The van der Waals surface area contributed by atoms with Crippen LogP contribution < -0.4 is 5.32 Å². The van der Waals surface area contributed by atoms with E-state index in [1.54, 1.807) is 11.8 Å². The maximum Gasteiger partial charge on any atom is 0.410 e. The molecule has 1 saturated heterocycles. The van der Waals surface area contributed by atoms with Crippen LogP contribution in [0.2, 0.25) is 0 Å². The van der Waals surface area contributed by atoms with Gasteiger partial charge in [0.2, 0.25) is 11.8 Å². The first-order valence-corrected chi connectivity index (χ1v) is 6.65. The lowest BCUT2D eigenvalue weighted by Crippen LogP contribution is -2.35. The first kappa shape index (κ1) is 12.9. The molecule has 1 atom stereocenters. The topological polar surface area (TPSA) is 97.6 Å². The van der Waals surface area contributed by atoms with E-state index in [-0.39, 0.29) is 24.5 Å². The van der Waals surface area contributed by atoms with Crippen LogP contribution in [-0.4, -0.2) is 52.3 Å².